The number of piperidine rings is 1. The molecule has 7 rings (SSSR count). The van der Waals surface area contributed by atoms with Crippen molar-refractivity contribution in [2.75, 3.05) is 26.8 Å². The molecule has 45 heavy (non-hydrogen) atoms. The molecule has 3 aromatic carbocycles. The number of halogens is 1. The third-order valence-electron chi connectivity index (χ3n) is 7.85. The van der Waals surface area contributed by atoms with E-state index < -0.39 is 23.9 Å². The van der Waals surface area contributed by atoms with Crippen molar-refractivity contribution in [3.8, 4) is 28.4 Å². The number of rotatable bonds is 2. The van der Waals surface area contributed by atoms with E-state index in [1.807, 2.05) is 0 Å². The third kappa shape index (κ3) is 6.72. The van der Waals surface area contributed by atoms with Crippen LogP contribution in [-0.2, 0) is 11.3 Å². The predicted octanol–water partition coefficient (Wildman–Crippen LogP) is 4.00. The van der Waals surface area contributed by atoms with Crippen LogP contribution in [0.2, 0.25) is 0 Å². The zero-order valence-electron chi connectivity index (χ0n) is 24.5. The van der Waals surface area contributed by atoms with Crippen molar-refractivity contribution < 1.29 is 33.0 Å². The Morgan fingerprint density at radius 2 is 1.82 bits per heavy atom. The van der Waals surface area contributed by atoms with Crippen LogP contribution in [0.15, 0.2) is 85.2 Å². The number of aromatic nitrogens is 1. The fourth-order valence-corrected chi connectivity index (χ4v) is 5.47. The molecular formula is C34H31FN4O6. The number of hydrogen-bond acceptors (Lipinski definition) is 7. The van der Waals surface area contributed by atoms with Gasteiger partial charge in [-0.05, 0) is 59.7 Å². The Labute approximate surface area is 259 Å². The number of carbonyl (C=O) groups excluding carboxylic acids is 3. The molecule has 1 aromatic heterocycles. The van der Waals surface area contributed by atoms with Gasteiger partial charge in [0.25, 0.3) is 17.7 Å². The highest BCUT2D eigenvalue weighted by Gasteiger charge is 2.35. The first-order valence-electron chi connectivity index (χ1n) is 14.5. The molecule has 4 heterocycles. The molecule has 0 radical (unpaired) electrons. The first-order chi connectivity index (χ1) is 21.9. The lowest BCUT2D eigenvalue weighted by Gasteiger charge is -2.39. The summed E-state index contributed by atoms with van der Waals surface area (Å²) >= 11 is 0. The lowest BCUT2D eigenvalue weighted by Crippen LogP contribution is -2.58. The van der Waals surface area contributed by atoms with Crippen molar-refractivity contribution in [1.82, 2.24) is 20.5 Å². The number of carbonyl (C=O) groups is 3. The van der Waals surface area contributed by atoms with Gasteiger partial charge in [0.15, 0.2) is 6.61 Å². The monoisotopic (exact) mass is 610 g/mol. The van der Waals surface area contributed by atoms with Crippen LogP contribution < -0.4 is 24.8 Å². The minimum absolute atomic E-state index is 0.138. The minimum atomic E-state index is -0.694. The van der Waals surface area contributed by atoms with Crippen molar-refractivity contribution in [2.24, 2.45) is 0 Å². The summed E-state index contributed by atoms with van der Waals surface area (Å²) in [6.07, 6.45) is 2.95. The zero-order valence-corrected chi connectivity index (χ0v) is 24.5. The summed E-state index contributed by atoms with van der Waals surface area (Å²) in [6, 6.07) is 19.1. The summed E-state index contributed by atoms with van der Waals surface area (Å²) in [6.45, 7) is 0.507. The molecule has 3 aliphatic rings. The van der Waals surface area contributed by atoms with Gasteiger partial charge in [-0.3, -0.25) is 19.4 Å². The van der Waals surface area contributed by atoms with Gasteiger partial charge in [-0.25, -0.2) is 4.39 Å². The summed E-state index contributed by atoms with van der Waals surface area (Å²) < 4.78 is 32.8. The quantitative estimate of drug-likeness (QED) is 0.352. The predicted molar refractivity (Wildman–Crippen MR) is 163 cm³/mol. The van der Waals surface area contributed by atoms with Crippen LogP contribution in [0.1, 0.15) is 32.7 Å². The second-order valence-electron chi connectivity index (χ2n) is 10.8. The van der Waals surface area contributed by atoms with Gasteiger partial charge in [0.2, 0.25) is 0 Å². The van der Waals surface area contributed by atoms with Crippen molar-refractivity contribution in [1.29, 1.82) is 0 Å². The molecule has 0 aliphatic carbocycles. The van der Waals surface area contributed by atoms with Crippen LogP contribution in [0, 0.1) is 5.82 Å². The van der Waals surface area contributed by atoms with Crippen LogP contribution in [0.3, 0.4) is 0 Å². The van der Waals surface area contributed by atoms with Gasteiger partial charge in [-0.15, -0.1) is 0 Å². The number of hydrogen-bond donors (Lipinski definition) is 2. The molecule has 4 aromatic rings. The summed E-state index contributed by atoms with van der Waals surface area (Å²) in [5, 5.41) is 5.78. The average Bonchev–Trinajstić information content (AvgIpc) is 3.07. The van der Waals surface area contributed by atoms with Gasteiger partial charge >= 0.3 is 0 Å². The van der Waals surface area contributed by atoms with E-state index in [2.05, 4.69) is 15.6 Å². The standard InChI is InChI=1S/C34H31FN4O6/c1-43-31-17-26-7-5-24(31)18-37-32(40)20-44-25-4-2-3-22(15-25)23-6-8-28(35)27(16-23)33(41)38-29-19-39(14-11-30(29)45-26)34(42)21-9-12-36-13-10-21/h2-10,12-13,15-17,29-30H,11,14,18-20H2,1H3,(H,37,40)(H,38,41)/t29-,30+/m1/s1. The maximum absolute atomic E-state index is 15.1. The molecule has 3 aliphatic heterocycles. The Morgan fingerprint density at radius 3 is 2.64 bits per heavy atom. The summed E-state index contributed by atoms with van der Waals surface area (Å²) in [7, 11) is 1.52. The molecule has 11 heteroatoms. The van der Waals surface area contributed by atoms with Crippen molar-refractivity contribution >= 4 is 17.7 Å². The van der Waals surface area contributed by atoms with Gasteiger partial charge in [-0.2, -0.15) is 0 Å². The van der Waals surface area contributed by atoms with E-state index in [9.17, 15) is 14.4 Å². The molecule has 1 saturated heterocycles. The highest BCUT2D eigenvalue weighted by Crippen LogP contribution is 2.29. The zero-order chi connectivity index (χ0) is 31.3. The van der Waals surface area contributed by atoms with Gasteiger partial charge in [-0.1, -0.05) is 18.2 Å². The van der Waals surface area contributed by atoms with Gasteiger partial charge in [0.05, 0.1) is 18.7 Å². The SMILES string of the molecule is COc1cc2ccc1CNC(=O)COc1cccc(c1)-c1ccc(F)c(c1)C(=O)N[C@@H]1CN(C(=O)c3ccncc3)CC[C@@H]1O2. The highest BCUT2D eigenvalue weighted by molar-refractivity contribution is 5.96. The maximum atomic E-state index is 15.1. The Bertz CT molecular complexity index is 1730. The van der Waals surface area contributed by atoms with E-state index >= 15 is 4.39 Å². The number of pyridine rings is 1. The Hall–Kier alpha value is -5.45. The Morgan fingerprint density at radius 1 is 1.00 bits per heavy atom. The van der Waals surface area contributed by atoms with Gasteiger partial charge in [0, 0.05) is 55.6 Å². The normalized spacial score (nSPS) is 18.4. The number of fused-ring (bicyclic) bond motifs is 7. The molecule has 0 spiro atoms. The van der Waals surface area contributed by atoms with E-state index in [0.29, 0.717) is 46.9 Å². The van der Waals surface area contributed by atoms with Crippen molar-refractivity contribution in [3.63, 3.8) is 0 Å². The molecule has 2 atom stereocenters. The third-order valence-corrected chi connectivity index (χ3v) is 7.85. The van der Waals surface area contributed by atoms with Crippen LogP contribution >= 0.6 is 0 Å². The lowest BCUT2D eigenvalue weighted by molar-refractivity contribution is -0.123. The lowest BCUT2D eigenvalue weighted by atomic mass is 9.99. The van der Waals surface area contributed by atoms with Crippen LogP contribution in [0.4, 0.5) is 4.39 Å². The van der Waals surface area contributed by atoms with Crippen molar-refractivity contribution in [2.45, 2.75) is 25.1 Å². The molecule has 0 saturated carbocycles. The van der Waals surface area contributed by atoms with Gasteiger partial charge < -0.3 is 29.7 Å². The summed E-state index contributed by atoms with van der Waals surface area (Å²) in [5.41, 5.74) is 2.30. The first-order valence-corrected chi connectivity index (χ1v) is 14.5. The molecule has 230 valence electrons. The van der Waals surface area contributed by atoms with Crippen molar-refractivity contribution in [3.05, 3.63) is 108 Å². The molecule has 10 nitrogen and oxygen atoms in total. The highest BCUT2D eigenvalue weighted by atomic mass is 19.1. The number of benzene rings is 3. The van der Waals surface area contributed by atoms with E-state index in [-0.39, 0.29) is 37.1 Å². The molecular weight excluding hydrogens is 579 g/mol. The summed E-state index contributed by atoms with van der Waals surface area (Å²) in [5.74, 6) is -0.451. The second-order valence-corrected chi connectivity index (χ2v) is 10.8. The smallest absolute Gasteiger partial charge is 0.258 e. The van der Waals surface area contributed by atoms with Gasteiger partial charge in [0.1, 0.15) is 29.2 Å². The number of ether oxygens (including phenoxy) is 3. The van der Waals surface area contributed by atoms with Crippen LogP contribution in [-0.4, -0.2) is 66.6 Å². The molecule has 0 unspecified atom stereocenters. The van der Waals surface area contributed by atoms with E-state index in [0.717, 1.165) is 5.56 Å². The van der Waals surface area contributed by atoms with E-state index in [1.54, 1.807) is 78.0 Å². The maximum Gasteiger partial charge on any atom is 0.258 e. The van der Waals surface area contributed by atoms with Crippen LogP contribution in [0.25, 0.3) is 11.1 Å². The number of likely N-dealkylation sites (tertiary alicyclic amines) is 1. The van der Waals surface area contributed by atoms with E-state index in [4.69, 9.17) is 14.2 Å². The average molecular weight is 611 g/mol. The molecule has 2 N–H and O–H groups in total. The first kappa shape index (κ1) is 29.6. The Balaban J connectivity index is 1.36. The molecule has 1 fully saturated rings. The number of nitrogens with zero attached hydrogens (tertiary/aromatic N) is 2. The summed E-state index contributed by atoms with van der Waals surface area (Å²) in [4.78, 5) is 45.2. The fraction of sp³-hybridized carbons (Fsp3) is 0.235. The fourth-order valence-electron chi connectivity index (χ4n) is 5.47. The number of nitrogens with one attached hydrogen (secondary N) is 2. The minimum Gasteiger partial charge on any atom is -0.496 e. The number of amides is 3. The Kier molecular flexibility index (Phi) is 8.58. The second kappa shape index (κ2) is 13.0. The number of methoxy groups -OCH3 is 1. The molecule has 6 bridgehead atoms. The van der Waals surface area contributed by atoms with E-state index in [1.165, 1.54) is 19.2 Å². The molecule has 3 amide bonds. The largest absolute Gasteiger partial charge is 0.496 e. The topological polar surface area (TPSA) is 119 Å². The van der Waals surface area contributed by atoms with Crippen LogP contribution in [0.5, 0.6) is 17.2 Å².